The number of thiazole rings is 1. The van der Waals surface area contributed by atoms with Gasteiger partial charge in [-0.15, -0.1) is 17.9 Å². The Bertz CT molecular complexity index is 644. The van der Waals surface area contributed by atoms with Crippen LogP contribution in [0.5, 0.6) is 0 Å². The first-order valence-corrected chi connectivity index (χ1v) is 8.61. The largest absolute Gasteiger partial charge is 0.284 e. The number of carbonyl (C=O) groups excluding carboxylic acids is 1. The van der Waals surface area contributed by atoms with Crippen molar-refractivity contribution in [2.24, 2.45) is 5.92 Å². The first kappa shape index (κ1) is 15.0. The van der Waals surface area contributed by atoms with Gasteiger partial charge in [0.15, 0.2) is 5.13 Å². The van der Waals surface area contributed by atoms with E-state index in [9.17, 15) is 4.79 Å². The predicted molar refractivity (Wildman–Crippen MR) is 92.1 cm³/mol. The number of nitrogens with zero attached hydrogens (tertiary/aromatic N) is 2. The van der Waals surface area contributed by atoms with Crippen molar-refractivity contribution in [2.75, 3.05) is 11.4 Å². The Morgan fingerprint density at radius 3 is 2.73 bits per heavy atom. The zero-order chi connectivity index (χ0) is 15.4. The maximum Gasteiger partial charge on any atom is 0.232 e. The minimum absolute atomic E-state index is 0.157. The van der Waals surface area contributed by atoms with Gasteiger partial charge in [0.25, 0.3) is 0 Å². The minimum Gasteiger partial charge on any atom is -0.284 e. The van der Waals surface area contributed by atoms with E-state index in [1.165, 1.54) is 11.3 Å². The topological polar surface area (TPSA) is 33.2 Å². The van der Waals surface area contributed by atoms with E-state index in [0.717, 1.165) is 42.1 Å². The van der Waals surface area contributed by atoms with E-state index in [1.54, 1.807) is 11.0 Å². The summed E-state index contributed by atoms with van der Waals surface area (Å²) in [5, 5.41) is 2.79. The summed E-state index contributed by atoms with van der Waals surface area (Å²) in [7, 11) is 0. The van der Waals surface area contributed by atoms with Crippen LogP contribution < -0.4 is 4.90 Å². The van der Waals surface area contributed by atoms with Crippen molar-refractivity contribution >= 4 is 22.4 Å². The number of carbonyl (C=O) groups is 1. The van der Waals surface area contributed by atoms with Gasteiger partial charge in [-0.05, 0) is 12.8 Å². The number of aromatic nitrogens is 1. The number of hydrogen-bond donors (Lipinski definition) is 0. The maximum atomic E-state index is 12.7. The molecule has 0 spiro atoms. The molecule has 0 N–H and O–H groups in total. The Hall–Kier alpha value is -1.94. The molecular formula is C18H20N2OS. The number of hydrogen-bond acceptors (Lipinski definition) is 3. The van der Waals surface area contributed by atoms with Crippen LogP contribution in [0.1, 0.15) is 25.7 Å². The number of anilines is 1. The van der Waals surface area contributed by atoms with Gasteiger partial charge in [-0.3, -0.25) is 9.69 Å². The molecular weight excluding hydrogens is 292 g/mol. The Balaban J connectivity index is 1.84. The van der Waals surface area contributed by atoms with Crippen molar-refractivity contribution in [2.45, 2.75) is 25.7 Å². The molecule has 1 aromatic heterocycles. The van der Waals surface area contributed by atoms with E-state index < -0.39 is 0 Å². The first-order valence-electron chi connectivity index (χ1n) is 7.73. The Kier molecular flexibility index (Phi) is 4.68. The molecule has 22 heavy (non-hydrogen) atoms. The lowest BCUT2D eigenvalue weighted by Crippen LogP contribution is -2.35. The molecule has 0 saturated heterocycles. The fourth-order valence-electron chi connectivity index (χ4n) is 2.91. The normalized spacial score (nSPS) is 14.9. The Morgan fingerprint density at radius 2 is 2.05 bits per heavy atom. The van der Waals surface area contributed by atoms with Crippen LogP contribution in [-0.4, -0.2) is 17.4 Å². The molecule has 0 aliphatic heterocycles. The van der Waals surface area contributed by atoms with Crippen LogP contribution in [0.3, 0.4) is 0 Å². The fraction of sp³-hybridized carbons (Fsp3) is 0.333. The second-order valence-electron chi connectivity index (χ2n) is 5.60. The van der Waals surface area contributed by atoms with Gasteiger partial charge in [0.05, 0.1) is 5.69 Å². The molecule has 1 aliphatic carbocycles. The van der Waals surface area contributed by atoms with E-state index in [-0.39, 0.29) is 11.8 Å². The van der Waals surface area contributed by atoms with Crippen LogP contribution in [0.2, 0.25) is 0 Å². The molecule has 1 amide bonds. The summed E-state index contributed by atoms with van der Waals surface area (Å²) in [4.78, 5) is 19.2. The van der Waals surface area contributed by atoms with Crippen LogP contribution in [0.4, 0.5) is 5.13 Å². The number of amides is 1. The molecule has 1 aromatic carbocycles. The molecule has 0 atom stereocenters. The lowest BCUT2D eigenvalue weighted by Gasteiger charge is -2.21. The quantitative estimate of drug-likeness (QED) is 0.761. The summed E-state index contributed by atoms with van der Waals surface area (Å²) in [6.45, 7) is 4.31. The maximum absolute atomic E-state index is 12.7. The summed E-state index contributed by atoms with van der Waals surface area (Å²) >= 11 is 1.53. The van der Waals surface area contributed by atoms with Gasteiger partial charge in [0.1, 0.15) is 0 Å². The molecule has 1 saturated carbocycles. The third-order valence-corrected chi connectivity index (χ3v) is 4.94. The van der Waals surface area contributed by atoms with Gasteiger partial charge >= 0.3 is 0 Å². The van der Waals surface area contributed by atoms with Crippen LogP contribution in [0, 0.1) is 5.92 Å². The monoisotopic (exact) mass is 312 g/mol. The highest BCUT2D eigenvalue weighted by atomic mass is 32.1. The highest BCUT2D eigenvalue weighted by molar-refractivity contribution is 7.14. The summed E-state index contributed by atoms with van der Waals surface area (Å²) < 4.78 is 0. The lowest BCUT2D eigenvalue weighted by molar-refractivity contribution is -0.122. The van der Waals surface area contributed by atoms with Crippen LogP contribution in [0.15, 0.2) is 48.4 Å². The van der Waals surface area contributed by atoms with E-state index in [0.29, 0.717) is 6.54 Å². The summed E-state index contributed by atoms with van der Waals surface area (Å²) in [5.74, 6) is 0.357. The highest BCUT2D eigenvalue weighted by Crippen LogP contribution is 2.32. The van der Waals surface area contributed by atoms with Crippen LogP contribution in [-0.2, 0) is 4.79 Å². The van der Waals surface area contributed by atoms with Gasteiger partial charge in [0, 0.05) is 23.4 Å². The molecule has 0 unspecified atom stereocenters. The molecule has 3 nitrogen and oxygen atoms in total. The molecule has 1 heterocycles. The van der Waals surface area contributed by atoms with Gasteiger partial charge in [0.2, 0.25) is 5.91 Å². The van der Waals surface area contributed by atoms with Gasteiger partial charge in [-0.2, -0.15) is 0 Å². The zero-order valence-electron chi connectivity index (χ0n) is 12.6. The van der Waals surface area contributed by atoms with Crippen molar-refractivity contribution in [1.82, 2.24) is 4.98 Å². The predicted octanol–water partition coefficient (Wildman–Crippen LogP) is 4.52. The molecule has 114 valence electrons. The number of benzene rings is 1. The second kappa shape index (κ2) is 6.88. The molecule has 1 aliphatic rings. The molecule has 0 bridgehead atoms. The molecule has 4 heteroatoms. The number of rotatable bonds is 5. The Labute approximate surface area is 135 Å². The van der Waals surface area contributed by atoms with Gasteiger partial charge < -0.3 is 0 Å². The minimum atomic E-state index is 0.157. The average molecular weight is 312 g/mol. The lowest BCUT2D eigenvalue weighted by atomic mass is 10.1. The van der Waals surface area contributed by atoms with Crippen molar-refractivity contribution < 1.29 is 4.79 Å². The van der Waals surface area contributed by atoms with Gasteiger partial charge in [-0.1, -0.05) is 49.2 Å². The average Bonchev–Trinajstić information content (AvgIpc) is 3.24. The van der Waals surface area contributed by atoms with Crippen molar-refractivity contribution in [3.05, 3.63) is 48.4 Å². The molecule has 1 fully saturated rings. The first-order chi connectivity index (χ1) is 10.8. The summed E-state index contributed by atoms with van der Waals surface area (Å²) in [5.41, 5.74) is 2.01. The Morgan fingerprint density at radius 1 is 1.32 bits per heavy atom. The zero-order valence-corrected chi connectivity index (χ0v) is 13.4. The smallest absolute Gasteiger partial charge is 0.232 e. The van der Waals surface area contributed by atoms with Crippen LogP contribution in [0.25, 0.3) is 11.3 Å². The standard InChI is InChI=1S/C18H20N2OS/c1-2-12-20(17(21)15-10-6-7-11-15)18-19-16(13-22-18)14-8-4-3-5-9-14/h2-5,8-9,13,15H,1,6-7,10-12H2. The second-order valence-corrected chi connectivity index (χ2v) is 6.44. The third kappa shape index (κ3) is 3.12. The SMILES string of the molecule is C=CCN(C(=O)C1CCCC1)c1nc(-c2ccccc2)cs1. The van der Waals surface area contributed by atoms with E-state index in [4.69, 9.17) is 0 Å². The molecule has 3 rings (SSSR count). The van der Waals surface area contributed by atoms with E-state index in [1.807, 2.05) is 35.7 Å². The molecule has 0 radical (unpaired) electrons. The van der Waals surface area contributed by atoms with E-state index >= 15 is 0 Å². The van der Waals surface area contributed by atoms with Crippen molar-refractivity contribution in [3.63, 3.8) is 0 Å². The van der Waals surface area contributed by atoms with Crippen molar-refractivity contribution in [3.8, 4) is 11.3 Å². The van der Waals surface area contributed by atoms with Crippen molar-refractivity contribution in [1.29, 1.82) is 0 Å². The highest BCUT2D eigenvalue weighted by Gasteiger charge is 2.28. The van der Waals surface area contributed by atoms with E-state index in [2.05, 4.69) is 11.6 Å². The summed E-state index contributed by atoms with van der Waals surface area (Å²) in [6, 6.07) is 10.1. The van der Waals surface area contributed by atoms with Gasteiger partial charge in [-0.25, -0.2) is 4.98 Å². The molecule has 2 aromatic rings. The fourth-order valence-corrected chi connectivity index (χ4v) is 3.76. The third-order valence-electron chi connectivity index (χ3n) is 4.07. The van der Waals surface area contributed by atoms with Crippen LogP contribution >= 0.6 is 11.3 Å². The summed E-state index contributed by atoms with van der Waals surface area (Å²) in [6.07, 6.45) is 6.10.